The molecule has 3 aromatic carbocycles. The molecule has 1 N–H and O–H groups in total. The van der Waals surface area contributed by atoms with Gasteiger partial charge in [-0.2, -0.15) is 0 Å². The fourth-order valence-electron chi connectivity index (χ4n) is 4.81. The summed E-state index contributed by atoms with van der Waals surface area (Å²) in [7, 11) is 0. The van der Waals surface area contributed by atoms with Gasteiger partial charge in [0, 0.05) is 44.5 Å². The summed E-state index contributed by atoms with van der Waals surface area (Å²) in [5.41, 5.74) is 2.15. The molecule has 0 spiro atoms. The molecule has 2 atom stereocenters. The summed E-state index contributed by atoms with van der Waals surface area (Å²) in [6.45, 7) is 4.07. The summed E-state index contributed by atoms with van der Waals surface area (Å²) < 4.78 is 5.88. The maximum Gasteiger partial charge on any atom is 0.227 e. The van der Waals surface area contributed by atoms with E-state index in [0.717, 1.165) is 36.1 Å². The second kappa shape index (κ2) is 9.73. The number of rotatable bonds is 6. The highest BCUT2D eigenvalue weighted by Crippen LogP contribution is 2.31. The largest absolute Gasteiger partial charge is 0.374 e. The first kappa shape index (κ1) is 21.6. The number of amides is 2. The maximum absolute atomic E-state index is 12.9. The molecule has 0 bridgehead atoms. The SMILES string of the molecule is O=C(NCC1CN(Cc2ccccc2)CCO1)C1CC(=O)N(c2cccc3ccccc23)C1. The number of nitrogens with zero attached hydrogens (tertiary/aromatic N) is 2. The van der Waals surface area contributed by atoms with Crippen LogP contribution in [0, 0.1) is 5.92 Å². The van der Waals surface area contributed by atoms with Crippen LogP contribution in [0.2, 0.25) is 0 Å². The van der Waals surface area contributed by atoms with E-state index in [0.29, 0.717) is 19.7 Å². The quantitative estimate of drug-likeness (QED) is 0.636. The minimum absolute atomic E-state index is 0.00513. The molecule has 0 saturated carbocycles. The zero-order valence-electron chi connectivity index (χ0n) is 18.7. The molecular formula is C27H29N3O3. The van der Waals surface area contributed by atoms with Gasteiger partial charge in [0.15, 0.2) is 0 Å². The molecule has 2 fully saturated rings. The van der Waals surface area contributed by atoms with Crippen LogP contribution < -0.4 is 10.2 Å². The summed E-state index contributed by atoms with van der Waals surface area (Å²) in [5.74, 6) is -0.426. The number of anilines is 1. The number of morpholine rings is 1. The molecule has 2 aliphatic heterocycles. The Morgan fingerprint density at radius 2 is 1.76 bits per heavy atom. The van der Waals surface area contributed by atoms with Crippen molar-refractivity contribution in [1.29, 1.82) is 0 Å². The summed E-state index contributed by atoms with van der Waals surface area (Å²) >= 11 is 0. The standard InChI is InChI=1S/C27H29N3O3/c31-26-15-22(18-30(26)25-12-6-10-21-9-4-5-11-24(21)25)27(32)28-16-23-19-29(13-14-33-23)17-20-7-2-1-3-8-20/h1-12,22-23H,13-19H2,(H,28,32). The van der Waals surface area contributed by atoms with Gasteiger partial charge in [-0.25, -0.2) is 0 Å². The van der Waals surface area contributed by atoms with Crippen LogP contribution in [-0.2, 0) is 20.9 Å². The van der Waals surface area contributed by atoms with Gasteiger partial charge in [0.25, 0.3) is 0 Å². The van der Waals surface area contributed by atoms with E-state index < -0.39 is 0 Å². The lowest BCUT2D eigenvalue weighted by Gasteiger charge is -2.33. The van der Waals surface area contributed by atoms with Gasteiger partial charge in [-0.15, -0.1) is 0 Å². The highest BCUT2D eigenvalue weighted by atomic mass is 16.5. The minimum atomic E-state index is -0.347. The Bertz CT molecular complexity index is 1130. The Morgan fingerprint density at radius 3 is 2.64 bits per heavy atom. The van der Waals surface area contributed by atoms with E-state index in [2.05, 4.69) is 34.5 Å². The lowest BCUT2D eigenvalue weighted by molar-refractivity contribution is -0.127. The van der Waals surface area contributed by atoms with E-state index in [1.165, 1.54) is 5.56 Å². The van der Waals surface area contributed by atoms with Crippen molar-refractivity contribution >= 4 is 28.3 Å². The van der Waals surface area contributed by atoms with Gasteiger partial charge >= 0.3 is 0 Å². The van der Waals surface area contributed by atoms with Crippen molar-refractivity contribution in [3.8, 4) is 0 Å². The first-order valence-electron chi connectivity index (χ1n) is 11.6. The first-order valence-corrected chi connectivity index (χ1v) is 11.6. The first-order chi connectivity index (χ1) is 16.2. The number of carbonyl (C=O) groups excluding carboxylic acids is 2. The predicted molar refractivity (Wildman–Crippen MR) is 129 cm³/mol. The van der Waals surface area contributed by atoms with Crippen LogP contribution >= 0.6 is 0 Å². The average molecular weight is 444 g/mol. The number of benzene rings is 3. The molecule has 0 aliphatic carbocycles. The molecule has 2 saturated heterocycles. The van der Waals surface area contributed by atoms with E-state index in [1.807, 2.05) is 48.5 Å². The van der Waals surface area contributed by atoms with Gasteiger partial charge in [0.2, 0.25) is 11.8 Å². The van der Waals surface area contributed by atoms with Crippen LogP contribution in [0.25, 0.3) is 10.8 Å². The normalized spacial score (nSPS) is 21.5. The number of fused-ring (bicyclic) bond motifs is 1. The van der Waals surface area contributed by atoms with Crippen LogP contribution in [0.4, 0.5) is 5.69 Å². The lowest BCUT2D eigenvalue weighted by atomic mass is 10.1. The van der Waals surface area contributed by atoms with Gasteiger partial charge < -0.3 is 15.0 Å². The fraction of sp³-hybridized carbons (Fsp3) is 0.333. The highest BCUT2D eigenvalue weighted by Gasteiger charge is 2.36. The van der Waals surface area contributed by atoms with Crippen molar-refractivity contribution < 1.29 is 14.3 Å². The van der Waals surface area contributed by atoms with Crippen LogP contribution in [0.1, 0.15) is 12.0 Å². The molecule has 0 aromatic heterocycles. The lowest BCUT2D eigenvalue weighted by Crippen LogP contribution is -2.48. The van der Waals surface area contributed by atoms with Crippen molar-refractivity contribution in [3.05, 3.63) is 78.4 Å². The smallest absolute Gasteiger partial charge is 0.227 e. The van der Waals surface area contributed by atoms with Crippen molar-refractivity contribution in [3.63, 3.8) is 0 Å². The Morgan fingerprint density at radius 1 is 0.970 bits per heavy atom. The van der Waals surface area contributed by atoms with E-state index in [1.54, 1.807) is 4.90 Å². The molecular weight excluding hydrogens is 414 g/mol. The third kappa shape index (κ3) is 4.92. The number of hydrogen-bond acceptors (Lipinski definition) is 4. The van der Waals surface area contributed by atoms with Crippen LogP contribution in [-0.4, -0.2) is 55.6 Å². The molecule has 5 rings (SSSR count). The van der Waals surface area contributed by atoms with Gasteiger partial charge in [0.05, 0.1) is 24.3 Å². The van der Waals surface area contributed by atoms with Crippen molar-refractivity contribution in [2.24, 2.45) is 5.92 Å². The molecule has 2 heterocycles. The minimum Gasteiger partial charge on any atom is -0.374 e. The zero-order valence-corrected chi connectivity index (χ0v) is 18.7. The van der Waals surface area contributed by atoms with E-state index >= 15 is 0 Å². The Labute approximate surface area is 194 Å². The van der Waals surface area contributed by atoms with Crippen LogP contribution in [0.3, 0.4) is 0 Å². The number of ether oxygens (including phenoxy) is 1. The highest BCUT2D eigenvalue weighted by molar-refractivity contribution is 6.06. The Balaban J connectivity index is 1.16. The predicted octanol–water partition coefficient (Wildman–Crippen LogP) is 3.21. The average Bonchev–Trinajstić information content (AvgIpc) is 3.24. The Hall–Kier alpha value is -3.22. The third-order valence-electron chi connectivity index (χ3n) is 6.53. The molecule has 6 heteroatoms. The van der Waals surface area contributed by atoms with Crippen LogP contribution in [0.5, 0.6) is 0 Å². The number of nitrogens with one attached hydrogen (secondary N) is 1. The summed E-state index contributed by atoms with van der Waals surface area (Å²) in [4.78, 5) is 29.8. The van der Waals surface area contributed by atoms with Gasteiger partial charge in [-0.05, 0) is 17.0 Å². The summed E-state index contributed by atoms with van der Waals surface area (Å²) in [6, 6.07) is 24.4. The number of carbonyl (C=O) groups is 2. The van der Waals surface area contributed by atoms with Crippen molar-refractivity contribution in [2.75, 3.05) is 37.7 Å². The van der Waals surface area contributed by atoms with Gasteiger partial charge in [0.1, 0.15) is 0 Å². The molecule has 2 unspecified atom stereocenters. The number of hydrogen-bond donors (Lipinski definition) is 1. The van der Waals surface area contributed by atoms with E-state index in [-0.39, 0.29) is 30.3 Å². The summed E-state index contributed by atoms with van der Waals surface area (Å²) in [6.07, 6.45) is 0.193. The third-order valence-corrected chi connectivity index (χ3v) is 6.53. The molecule has 0 radical (unpaired) electrons. The zero-order chi connectivity index (χ0) is 22.6. The molecule has 3 aromatic rings. The fourth-order valence-corrected chi connectivity index (χ4v) is 4.81. The van der Waals surface area contributed by atoms with E-state index in [4.69, 9.17) is 4.74 Å². The maximum atomic E-state index is 12.9. The topological polar surface area (TPSA) is 61.9 Å². The second-order valence-corrected chi connectivity index (χ2v) is 8.86. The van der Waals surface area contributed by atoms with Gasteiger partial charge in [-0.3, -0.25) is 14.5 Å². The molecule has 6 nitrogen and oxygen atoms in total. The van der Waals surface area contributed by atoms with Gasteiger partial charge in [-0.1, -0.05) is 66.7 Å². The molecule has 2 aliphatic rings. The van der Waals surface area contributed by atoms with Crippen molar-refractivity contribution in [1.82, 2.24) is 10.2 Å². The second-order valence-electron chi connectivity index (χ2n) is 8.86. The molecule has 2 amide bonds. The van der Waals surface area contributed by atoms with Crippen LogP contribution in [0.15, 0.2) is 72.8 Å². The monoisotopic (exact) mass is 443 g/mol. The molecule has 33 heavy (non-hydrogen) atoms. The summed E-state index contributed by atoms with van der Waals surface area (Å²) in [5, 5.41) is 5.16. The Kier molecular flexibility index (Phi) is 6.37. The van der Waals surface area contributed by atoms with E-state index in [9.17, 15) is 9.59 Å². The van der Waals surface area contributed by atoms with Crippen molar-refractivity contribution in [2.45, 2.75) is 19.1 Å². The molecule has 170 valence electrons.